The SMILES string of the molecule is Cc1ccc(C(=O)NCCNc2nc(Nc3ccccc3)nc(Nc3ccc(C)c(S(=O)(=O)O)c3)n2)cc1. The molecule has 0 saturated carbocycles. The van der Waals surface area contributed by atoms with Gasteiger partial charge in [-0.1, -0.05) is 42.0 Å². The van der Waals surface area contributed by atoms with E-state index in [2.05, 4.69) is 36.2 Å². The Balaban J connectivity index is 1.49. The van der Waals surface area contributed by atoms with E-state index < -0.39 is 10.1 Å². The van der Waals surface area contributed by atoms with E-state index in [0.717, 1.165) is 11.3 Å². The van der Waals surface area contributed by atoms with Crippen LogP contribution in [0.2, 0.25) is 0 Å². The molecule has 0 aliphatic rings. The summed E-state index contributed by atoms with van der Waals surface area (Å²) in [5.74, 6) is 0.412. The summed E-state index contributed by atoms with van der Waals surface area (Å²) >= 11 is 0. The molecule has 0 radical (unpaired) electrons. The first-order valence-corrected chi connectivity index (χ1v) is 13.1. The first kappa shape index (κ1) is 26.5. The van der Waals surface area contributed by atoms with Crippen molar-refractivity contribution >= 4 is 45.2 Å². The van der Waals surface area contributed by atoms with Crippen LogP contribution in [0.1, 0.15) is 21.5 Å². The molecule has 1 heterocycles. The Labute approximate surface area is 220 Å². The number of hydrogen-bond acceptors (Lipinski definition) is 9. The smallest absolute Gasteiger partial charge is 0.294 e. The number of hydrogen-bond donors (Lipinski definition) is 5. The van der Waals surface area contributed by atoms with Crippen LogP contribution in [-0.4, -0.2) is 46.9 Å². The van der Waals surface area contributed by atoms with Gasteiger partial charge in [-0.3, -0.25) is 9.35 Å². The minimum atomic E-state index is -4.40. The standard InChI is InChI=1S/C26H27N7O4S/c1-17-8-11-19(12-9-17)23(34)27-14-15-28-24-31-25(29-20-6-4-3-5-7-20)33-26(32-24)30-21-13-10-18(2)22(16-21)38(35,36)37/h3-13,16H,14-15H2,1-2H3,(H,27,34)(H,35,36,37)(H3,28,29,30,31,32,33). The van der Waals surface area contributed by atoms with E-state index in [9.17, 15) is 17.8 Å². The monoisotopic (exact) mass is 533 g/mol. The number of benzene rings is 3. The zero-order valence-corrected chi connectivity index (χ0v) is 21.6. The summed E-state index contributed by atoms with van der Waals surface area (Å²) in [5, 5.41) is 12.0. The maximum Gasteiger partial charge on any atom is 0.294 e. The third-order valence-corrected chi connectivity index (χ3v) is 6.39. The zero-order chi connectivity index (χ0) is 27.1. The molecule has 0 spiro atoms. The van der Waals surface area contributed by atoms with Crippen LogP contribution in [-0.2, 0) is 10.1 Å². The average Bonchev–Trinajstić information content (AvgIpc) is 2.88. The van der Waals surface area contributed by atoms with Crippen molar-refractivity contribution in [2.24, 2.45) is 0 Å². The van der Waals surface area contributed by atoms with Crippen molar-refractivity contribution in [1.29, 1.82) is 0 Å². The second-order valence-electron chi connectivity index (χ2n) is 8.43. The molecule has 0 aliphatic carbocycles. The zero-order valence-electron chi connectivity index (χ0n) is 20.8. The Bertz CT molecular complexity index is 1530. The Morgan fingerprint density at radius 1 is 0.789 bits per heavy atom. The summed E-state index contributed by atoms with van der Waals surface area (Å²) in [6.07, 6.45) is 0. The molecule has 38 heavy (non-hydrogen) atoms. The third kappa shape index (κ3) is 7.24. The molecule has 1 aromatic heterocycles. The van der Waals surface area contributed by atoms with Crippen LogP contribution in [0.3, 0.4) is 0 Å². The van der Waals surface area contributed by atoms with Crippen LogP contribution < -0.4 is 21.3 Å². The number of anilines is 5. The van der Waals surface area contributed by atoms with Crippen LogP contribution in [0, 0.1) is 13.8 Å². The quantitative estimate of drug-likeness (QED) is 0.149. The summed E-state index contributed by atoms with van der Waals surface area (Å²) in [4.78, 5) is 25.3. The largest absolute Gasteiger partial charge is 0.352 e. The van der Waals surface area contributed by atoms with Gasteiger partial charge in [0.05, 0.1) is 4.90 Å². The van der Waals surface area contributed by atoms with Crippen molar-refractivity contribution in [3.8, 4) is 0 Å². The molecular formula is C26H27N7O4S. The van der Waals surface area contributed by atoms with Crippen LogP contribution in [0.15, 0.2) is 77.7 Å². The van der Waals surface area contributed by atoms with Gasteiger partial charge >= 0.3 is 0 Å². The summed E-state index contributed by atoms with van der Waals surface area (Å²) in [6.45, 7) is 4.19. The number of nitrogens with zero attached hydrogens (tertiary/aromatic N) is 3. The number of rotatable bonds is 10. The topological polar surface area (TPSA) is 158 Å². The Hall–Kier alpha value is -4.55. The van der Waals surface area contributed by atoms with Gasteiger partial charge in [-0.25, -0.2) is 0 Å². The summed E-state index contributed by atoms with van der Waals surface area (Å²) < 4.78 is 32.9. The van der Waals surface area contributed by atoms with E-state index in [-0.39, 0.29) is 28.6 Å². The van der Waals surface area contributed by atoms with Gasteiger partial charge < -0.3 is 21.3 Å². The fourth-order valence-corrected chi connectivity index (χ4v) is 4.21. The van der Waals surface area contributed by atoms with Crippen LogP contribution >= 0.6 is 0 Å². The Kier molecular flexibility index (Phi) is 8.14. The number of aromatic nitrogens is 3. The number of para-hydroxylation sites is 1. The number of carbonyl (C=O) groups is 1. The highest BCUT2D eigenvalue weighted by Crippen LogP contribution is 2.23. The van der Waals surface area contributed by atoms with E-state index in [1.165, 1.54) is 6.07 Å². The molecule has 12 heteroatoms. The highest BCUT2D eigenvalue weighted by atomic mass is 32.2. The first-order chi connectivity index (χ1) is 18.2. The molecular weight excluding hydrogens is 506 g/mol. The molecule has 0 saturated heterocycles. The minimum absolute atomic E-state index is 0.134. The van der Waals surface area contributed by atoms with Gasteiger partial charge in [0, 0.05) is 30.0 Å². The molecule has 5 N–H and O–H groups in total. The van der Waals surface area contributed by atoms with Crippen LogP contribution in [0.5, 0.6) is 0 Å². The lowest BCUT2D eigenvalue weighted by molar-refractivity contribution is 0.0955. The van der Waals surface area contributed by atoms with Crippen molar-refractivity contribution in [1.82, 2.24) is 20.3 Å². The molecule has 11 nitrogen and oxygen atoms in total. The first-order valence-electron chi connectivity index (χ1n) is 11.7. The Morgan fingerprint density at radius 3 is 2.08 bits per heavy atom. The lowest BCUT2D eigenvalue weighted by Gasteiger charge is -2.13. The van der Waals surface area contributed by atoms with E-state index in [0.29, 0.717) is 29.9 Å². The molecule has 196 valence electrons. The molecule has 0 unspecified atom stereocenters. The summed E-state index contributed by atoms with van der Waals surface area (Å²) in [5.41, 5.74) is 3.15. The summed E-state index contributed by atoms with van der Waals surface area (Å²) in [7, 11) is -4.40. The second kappa shape index (κ2) is 11.7. The van der Waals surface area contributed by atoms with Gasteiger partial charge in [-0.05, 0) is 55.8 Å². The van der Waals surface area contributed by atoms with E-state index in [4.69, 9.17) is 0 Å². The van der Waals surface area contributed by atoms with Gasteiger partial charge in [0.2, 0.25) is 17.8 Å². The fourth-order valence-electron chi connectivity index (χ4n) is 3.46. The van der Waals surface area contributed by atoms with E-state index >= 15 is 0 Å². The normalized spacial score (nSPS) is 11.0. The van der Waals surface area contributed by atoms with Gasteiger partial charge in [0.15, 0.2) is 0 Å². The van der Waals surface area contributed by atoms with Crippen molar-refractivity contribution in [3.63, 3.8) is 0 Å². The molecule has 0 bridgehead atoms. The van der Waals surface area contributed by atoms with E-state index in [1.54, 1.807) is 31.2 Å². The fraction of sp³-hybridized carbons (Fsp3) is 0.154. The number of amides is 1. The predicted molar refractivity (Wildman–Crippen MR) is 146 cm³/mol. The minimum Gasteiger partial charge on any atom is -0.352 e. The van der Waals surface area contributed by atoms with Crippen molar-refractivity contribution in [2.45, 2.75) is 18.7 Å². The highest BCUT2D eigenvalue weighted by Gasteiger charge is 2.15. The predicted octanol–water partition coefficient (Wildman–Crippen LogP) is 4.06. The van der Waals surface area contributed by atoms with Crippen molar-refractivity contribution in [3.05, 3.63) is 89.5 Å². The molecule has 4 aromatic rings. The maximum atomic E-state index is 12.3. The average molecular weight is 534 g/mol. The lowest BCUT2D eigenvalue weighted by atomic mass is 10.1. The van der Waals surface area contributed by atoms with Crippen molar-refractivity contribution in [2.75, 3.05) is 29.0 Å². The maximum absolute atomic E-state index is 12.3. The molecule has 0 fully saturated rings. The number of nitrogens with one attached hydrogen (secondary N) is 4. The molecule has 4 rings (SSSR count). The second-order valence-corrected chi connectivity index (χ2v) is 9.82. The molecule has 0 atom stereocenters. The van der Waals surface area contributed by atoms with Crippen LogP contribution in [0.25, 0.3) is 0 Å². The third-order valence-electron chi connectivity index (χ3n) is 5.39. The summed E-state index contributed by atoms with van der Waals surface area (Å²) in [6, 6.07) is 21.1. The number of carbonyl (C=O) groups excluding carboxylic acids is 1. The van der Waals surface area contributed by atoms with Gasteiger partial charge in [0.1, 0.15) is 0 Å². The van der Waals surface area contributed by atoms with Gasteiger partial charge in [0.25, 0.3) is 16.0 Å². The molecule has 0 aliphatic heterocycles. The van der Waals surface area contributed by atoms with E-state index in [1.807, 2.05) is 49.4 Å². The van der Waals surface area contributed by atoms with Gasteiger partial charge in [-0.2, -0.15) is 23.4 Å². The van der Waals surface area contributed by atoms with Crippen LogP contribution in [0.4, 0.5) is 29.2 Å². The Morgan fingerprint density at radius 2 is 1.42 bits per heavy atom. The molecule has 1 amide bonds. The highest BCUT2D eigenvalue weighted by molar-refractivity contribution is 7.85. The lowest BCUT2D eigenvalue weighted by Crippen LogP contribution is -2.29. The molecule has 3 aromatic carbocycles. The van der Waals surface area contributed by atoms with Crippen molar-refractivity contribution < 1.29 is 17.8 Å². The number of aryl methyl sites for hydroxylation is 2. The van der Waals surface area contributed by atoms with Gasteiger partial charge in [-0.15, -0.1) is 0 Å².